The molecule has 1 aromatic heterocycles. The van der Waals surface area contributed by atoms with Crippen LogP contribution in [0.1, 0.15) is 50.3 Å². The molecule has 1 spiro atoms. The second-order valence-electron chi connectivity index (χ2n) is 8.82. The summed E-state index contributed by atoms with van der Waals surface area (Å²) in [7, 11) is 0. The van der Waals surface area contributed by atoms with Crippen LogP contribution in [0.25, 0.3) is 0 Å². The quantitative estimate of drug-likeness (QED) is 0.583. The summed E-state index contributed by atoms with van der Waals surface area (Å²) in [6.45, 7) is 1.01. The maximum absolute atomic E-state index is 14.1. The molecule has 32 heavy (non-hydrogen) atoms. The van der Waals surface area contributed by atoms with Crippen LogP contribution in [-0.4, -0.2) is 40.9 Å². The van der Waals surface area contributed by atoms with Crippen molar-refractivity contribution < 1.29 is 26.9 Å². The first-order valence-electron chi connectivity index (χ1n) is 10.6. The predicted molar refractivity (Wildman–Crippen MR) is 108 cm³/mol. The van der Waals surface area contributed by atoms with Crippen molar-refractivity contribution in [1.82, 2.24) is 10.1 Å². The molecule has 0 bridgehead atoms. The van der Waals surface area contributed by atoms with Gasteiger partial charge in [0.2, 0.25) is 11.8 Å². The van der Waals surface area contributed by atoms with E-state index in [-0.39, 0.29) is 29.2 Å². The molecule has 3 heterocycles. The fraction of sp³-hybridized carbons (Fsp3) is 0.571. The summed E-state index contributed by atoms with van der Waals surface area (Å²) in [6, 6.07) is 4.39. The molecule has 0 unspecified atom stereocenters. The number of benzene rings is 1. The Hall–Kier alpha value is -2.36. The molecule has 3 aliphatic rings. The van der Waals surface area contributed by atoms with Gasteiger partial charge in [-0.05, 0) is 55.5 Å². The van der Waals surface area contributed by atoms with E-state index in [1.165, 1.54) is 12.1 Å². The Morgan fingerprint density at radius 2 is 1.94 bits per heavy atom. The second kappa shape index (κ2) is 7.60. The fourth-order valence-electron chi connectivity index (χ4n) is 5.03. The number of carbonyl (C=O) groups is 1. The van der Waals surface area contributed by atoms with E-state index < -0.39 is 29.4 Å². The highest BCUT2D eigenvalue weighted by atomic mass is 35.5. The first-order chi connectivity index (χ1) is 15.2. The predicted octanol–water partition coefficient (Wildman–Crippen LogP) is 5.08. The molecule has 5 rings (SSSR count). The molecule has 2 atom stereocenters. The van der Waals surface area contributed by atoms with Gasteiger partial charge in [-0.25, -0.2) is 4.39 Å². The van der Waals surface area contributed by atoms with E-state index in [4.69, 9.17) is 16.1 Å². The largest absolute Gasteiger partial charge is 0.392 e. The van der Waals surface area contributed by atoms with Gasteiger partial charge in [0.05, 0.1) is 22.4 Å². The van der Waals surface area contributed by atoms with Crippen LogP contribution < -0.4 is 9.80 Å². The first kappa shape index (κ1) is 21.5. The highest BCUT2D eigenvalue weighted by Gasteiger charge is 2.58. The third-order valence-electron chi connectivity index (χ3n) is 6.85. The van der Waals surface area contributed by atoms with Crippen molar-refractivity contribution in [3.05, 3.63) is 34.9 Å². The number of carbonyl (C=O) groups excluding carboxylic acids is 1. The normalized spacial score (nSPS) is 25.5. The summed E-state index contributed by atoms with van der Waals surface area (Å²) in [5.74, 6) is -2.52. The van der Waals surface area contributed by atoms with Gasteiger partial charge in [-0.1, -0.05) is 11.6 Å². The minimum Gasteiger partial charge on any atom is -0.338 e. The number of amides is 1. The molecule has 11 heteroatoms. The van der Waals surface area contributed by atoms with Gasteiger partial charge in [-0.3, -0.25) is 4.79 Å². The highest BCUT2D eigenvalue weighted by Crippen LogP contribution is 2.55. The van der Waals surface area contributed by atoms with Crippen LogP contribution in [0.3, 0.4) is 0 Å². The lowest BCUT2D eigenvalue weighted by Gasteiger charge is -2.51. The van der Waals surface area contributed by atoms with Crippen LogP contribution in [0.15, 0.2) is 22.7 Å². The molecule has 1 saturated carbocycles. The maximum Gasteiger partial charge on any atom is 0.392 e. The lowest BCUT2D eigenvalue weighted by molar-refractivity contribution is -0.149. The zero-order chi connectivity index (χ0) is 22.7. The number of nitrogens with zero attached hydrogens (tertiary/aromatic N) is 4. The number of piperidine rings is 2. The fourth-order valence-corrected chi connectivity index (χ4v) is 5.15. The molecule has 1 amide bonds. The van der Waals surface area contributed by atoms with Crippen LogP contribution in [0.4, 0.5) is 29.2 Å². The molecule has 3 fully saturated rings. The van der Waals surface area contributed by atoms with Gasteiger partial charge < -0.3 is 14.3 Å². The van der Waals surface area contributed by atoms with Gasteiger partial charge in [0.1, 0.15) is 5.82 Å². The zero-order valence-electron chi connectivity index (χ0n) is 17.0. The standard InChI is InChI=1S/C21H21ClF4N4O2/c22-15-4-3-12(10-16(15)23)30-17(31)2-1-5-20(30)6-8-29(9-7-20)19-27-18(32-28-19)13-11-14(13)21(24,25)26/h3-4,10,13-14H,1-2,5-9,11H2/t13-,14-/m0/s1. The van der Waals surface area contributed by atoms with Crippen molar-refractivity contribution in [3.63, 3.8) is 0 Å². The van der Waals surface area contributed by atoms with Gasteiger partial charge >= 0.3 is 6.18 Å². The van der Waals surface area contributed by atoms with E-state index >= 15 is 0 Å². The molecule has 2 aliphatic heterocycles. The molecular formula is C21H21ClF4N4O2. The first-order valence-corrected chi connectivity index (χ1v) is 11.0. The number of halogens is 5. The van der Waals surface area contributed by atoms with E-state index in [9.17, 15) is 22.4 Å². The van der Waals surface area contributed by atoms with Gasteiger partial charge in [-0.2, -0.15) is 18.2 Å². The summed E-state index contributed by atoms with van der Waals surface area (Å²) in [4.78, 5) is 20.6. The van der Waals surface area contributed by atoms with Crippen LogP contribution >= 0.6 is 11.6 Å². The molecule has 2 aromatic rings. The highest BCUT2D eigenvalue weighted by molar-refractivity contribution is 6.30. The molecule has 2 saturated heterocycles. The Morgan fingerprint density at radius 1 is 1.19 bits per heavy atom. The third-order valence-corrected chi connectivity index (χ3v) is 7.16. The van der Waals surface area contributed by atoms with Crippen molar-refractivity contribution >= 4 is 29.1 Å². The number of anilines is 2. The van der Waals surface area contributed by atoms with E-state index in [1.54, 1.807) is 11.0 Å². The lowest BCUT2D eigenvalue weighted by Crippen LogP contribution is -2.60. The second-order valence-corrected chi connectivity index (χ2v) is 9.22. The molecule has 0 radical (unpaired) electrons. The van der Waals surface area contributed by atoms with Crippen molar-refractivity contribution in [2.24, 2.45) is 5.92 Å². The number of rotatable bonds is 3. The van der Waals surface area contributed by atoms with Crippen molar-refractivity contribution in [3.8, 4) is 0 Å². The van der Waals surface area contributed by atoms with Crippen LogP contribution in [0, 0.1) is 11.7 Å². The average molecular weight is 473 g/mol. The van der Waals surface area contributed by atoms with Gasteiger partial charge in [0.15, 0.2) is 0 Å². The molecule has 0 N–H and O–H groups in total. The summed E-state index contributed by atoms with van der Waals surface area (Å²) in [5.41, 5.74) is 0.0233. The van der Waals surface area contributed by atoms with E-state index in [0.717, 1.165) is 12.8 Å². The van der Waals surface area contributed by atoms with Crippen LogP contribution in [-0.2, 0) is 4.79 Å². The molecular weight excluding hydrogens is 452 g/mol. The van der Waals surface area contributed by atoms with Crippen molar-refractivity contribution in [1.29, 1.82) is 0 Å². The number of aromatic nitrogens is 2. The van der Waals surface area contributed by atoms with Gasteiger partial charge in [-0.15, -0.1) is 0 Å². The topological polar surface area (TPSA) is 62.5 Å². The van der Waals surface area contributed by atoms with E-state index in [0.29, 0.717) is 38.0 Å². The Morgan fingerprint density at radius 3 is 2.59 bits per heavy atom. The number of hydrogen-bond donors (Lipinski definition) is 0. The summed E-state index contributed by atoms with van der Waals surface area (Å²) >= 11 is 5.81. The third kappa shape index (κ3) is 3.72. The van der Waals surface area contributed by atoms with Gasteiger partial charge in [0, 0.05) is 25.2 Å². The Kier molecular flexibility index (Phi) is 5.11. The summed E-state index contributed by atoms with van der Waals surface area (Å²) < 4.78 is 57.7. The van der Waals surface area contributed by atoms with Crippen molar-refractivity contribution in [2.75, 3.05) is 22.9 Å². The smallest absolute Gasteiger partial charge is 0.338 e. The lowest BCUT2D eigenvalue weighted by atomic mass is 9.78. The van der Waals surface area contributed by atoms with E-state index in [1.807, 2.05) is 4.90 Å². The van der Waals surface area contributed by atoms with Gasteiger partial charge in [0.25, 0.3) is 5.95 Å². The Labute approximate surface area is 186 Å². The maximum atomic E-state index is 14.1. The summed E-state index contributed by atoms with van der Waals surface area (Å²) in [6.07, 6.45) is -1.16. The molecule has 6 nitrogen and oxygen atoms in total. The van der Waals surface area contributed by atoms with Crippen LogP contribution in [0.2, 0.25) is 5.02 Å². The number of alkyl halides is 3. The summed E-state index contributed by atoms with van der Waals surface area (Å²) in [5, 5.41) is 3.89. The molecule has 1 aromatic carbocycles. The number of hydrogen-bond acceptors (Lipinski definition) is 5. The molecule has 1 aliphatic carbocycles. The zero-order valence-corrected chi connectivity index (χ0v) is 17.8. The Bertz CT molecular complexity index is 1040. The van der Waals surface area contributed by atoms with E-state index in [2.05, 4.69) is 10.1 Å². The molecule has 172 valence electrons. The van der Waals surface area contributed by atoms with Crippen molar-refractivity contribution in [2.45, 2.75) is 56.2 Å². The Balaban J connectivity index is 1.31. The SMILES string of the molecule is O=C1CCCC2(CCN(c3noc([C@H]4C[C@@H]4C(F)(F)F)n3)CC2)N1c1ccc(Cl)c(F)c1. The minimum absolute atomic E-state index is 0.00147. The average Bonchev–Trinajstić information content (AvgIpc) is 3.42. The monoisotopic (exact) mass is 472 g/mol. The van der Waals surface area contributed by atoms with Crippen LogP contribution in [0.5, 0.6) is 0 Å². The minimum atomic E-state index is -4.26.